The molecule has 118 valence electrons. The van der Waals surface area contributed by atoms with Gasteiger partial charge in [0.05, 0.1) is 6.61 Å². The van der Waals surface area contributed by atoms with Crippen molar-refractivity contribution in [1.82, 2.24) is 10.2 Å². The Morgan fingerprint density at radius 3 is 2.60 bits per heavy atom. The van der Waals surface area contributed by atoms with Gasteiger partial charge in [-0.25, -0.2) is 0 Å². The molecule has 1 rings (SSSR count). The second-order valence-corrected chi connectivity index (χ2v) is 5.71. The van der Waals surface area contributed by atoms with Crippen LogP contribution in [0.5, 0.6) is 0 Å². The second-order valence-electron chi connectivity index (χ2n) is 5.71. The van der Waals surface area contributed by atoms with E-state index >= 15 is 0 Å². The predicted octanol–water partition coefficient (Wildman–Crippen LogP) is 0.977. The molecule has 3 unspecified atom stereocenters. The molecule has 5 heteroatoms. The highest BCUT2D eigenvalue weighted by Crippen LogP contribution is 2.25. The van der Waals surface area contributed by atoms with E-state index in [2.05, 4.69) is 24.1 Å². The molecule has 3 N–H and O–H groups in total. The highest BCUT2D eigenvalue weighted by atomic mass is 16.5. The van der Waals surface area contributed by atoms with Gasteiger partial charge in [-0.3, -0.25) is 4.79 Å². The number of nitrogens with zero attached hydrogens (tertiary/aromatic N) is 1. The minimum absolute atomic E-state index is 0.0803. The summed E-state index contributed by atoms with van der Waals surface area (Å²) in [6.07, 6.45) is 4.72. The van der Waals surface area contributed by atoms with E-state index in [9.17, 15) is 4.79 Å². The third kappa shape index (κ3) is 5.38. The minimum Gasteiger partial charge on any atom is -0.383 e. The molecule has 1 aliphatic rings. The van der Waals surface area contributed by atoms with Gasteiger partial charge < -0.3 is 20.7 Å². The number of hydrogen-bond donors (Lipinski definition) is 2. The zero-order valence-corrected chi connectivity index (χ0v) is 13.2. The highest BCUT2D eigenvalue weighted by Gasteiger charge is 2.28. The third-order valence-corrected chi connectivity index (χ3v) is 4.31. The Bertz CT molecular complexity index is 282. The molecule has 0 spiro atoms. The van der Waals surface area contributed by atoms with Crippen molar-refractivity contribution in [3.05, 3.63) is 0 Å². The van der Waals surface area contributed by atoms with Crippen LogP contribution in [0.1, 0.15) is 39.5 Å². The van der Waals surface area contributed by atoms with Crippen LogP contribution >= 0.6 is 0 Å². The lowest BCUT2D eigenvalue weighted by Gasteiger charge is -2.36. The first-order chi connectivity index (χ1) is 9.62. The number of carbonyl (C=O) groups excluding carboxylic acids is 1. The number of rotatable bonds is 8. The molecule has 1 saturated carbocycles. The van der Waals surface area contributed by atoms with Crippen LogP contribution in [0.15, 0.2) is 0 Å². The molecule has 0 aromatic carbocycles. The van der Waals surface area contributed by atoms with Crippen LogP contribution in [0.3, 0.4) is 0 Å². The first-order valence-electron chi connectivity index (χ1n) is 7.89. The average Bonchev–Trinajstić information content (AvgIpc) is 2.46. The zero-order chi connectivity index (χ0) is 15.0. The highest BCUT2D eigenvalue weighted by molar-refractivity contribution is 5.81. The maximum atomic E-state index is 12.0. The summed E-state index contributed by atoms with van der Waals surface area (Å²) in [5.41, 5.74) is 5.80. The molecule has 0 aromatic heterocycles. The second kappa shape index (κ2) is 9.32. The standard InChI is InChI=1S/C15H31N3O2/c1-4-18(5-2)10-12-8-6-7-9-14(12)17-15(19)13(16)11-20-3/h12-14H,4-11,16H2,1-3H3,(H,17,19). The summed E-state index contributed by atoms with van der Waals surface area (Å²) in [4.78, 5) is 14.5. The Morgan fingerprint density at radius 2 is 2.00 bits per heavy atom. The van der Waals surface area contributed by atoms with Crippen molar-refractivity contribution in [2.45, 2.75) is 51.6 Å². The van der Waals surface area contributed by atoms with Gasteiger partial charge >= 0.3 is 0 Å². The lowest BCUT2D eigenvalue weighted by molar-refractivity contribution is -0.124. The van der Waals surface area contributed by atoms with E-state index in [4.69, 9.17) is 10.5 Å². The SMILES string of the molecule is CCN(CC)CC1CCCCC1NC(=O)C(N)COC. The molecule has 0 aliphatic heterocycles. The number of amides is 1. The first-order valence-corrected chi connectivity index (χ1v) is 7.89. The molecule has 20 heavy (non-hydrogen) atoms. The van der Waals surface area contributed by atoms with Crippen molar-refractivity contribution in [1.29, 1.82) is 0 Å². The molecular weight excluding hydrogens is 254 g/mol. The Labute approximate surface area is 123 Å². The van der Waals surface area contributed by atoms with Gasteiger partial charge in [0, 0.05) is 19.7 Å². The van der Waals surface area contributed by atoms with Crippen LogP contribution < -0.4 is 11.1 Å². The first kappa shape index (κ1) is 17.4. The molecule has 1 aliphatic carbocycles. The molecule has 3 atom stereocenters. The molecule has 0 heterocycles. The molecule has 0 radical (unpaired) electrons. The average molecular weight is 285 g/mol. The van der Waals surface area contributed by atoms with Crippen molar-refractivity contribution < 1.29 is 9.53 Å². The van der Waals surface area contributed by atoms with E-state index in [1.807, 2.05) is 0 Å². The fourth-order valence-corrected chi connectivity index (χ4v) is 2.97. The summed E-state index contributed by atoms with van der Waals surface area (Å²) in [5.74, 6) is 0.464. The van der Waals surface area contributed by atoms with Crippen LogP contribution in [0.4, 0.5) is 0 Å². The van der Waals surface area contributed by atoms with E-state index in [-0.39, 0.29) is 18.6 Å². The van der Waals surface area contributed by atoms with Gasteiger partial charge in [0.1, 0.15) is 6.04 Å². The third-order valence-electron chi connectivity index (χ3n) is 4.31. The Kier molecular flexibility index (Phi) is 8.11. The number of nitrogens with two attached hydrogens (primary N) is 1. The van der Waals surface area contributed by atoms with Gasteiger partial charge in [0.25, 0.3) is 0 Å². The number of nitrogens with one attached hydrogen (secondary N) is 1. The predicted molar refractivity (Wildman–Crippen MR) is 81.5 cm³/mol. The van der Waals surface area contributed by atoms with Crippen LogP contribution in [0, 0.1) is 5.92 Å². The summed E-state index contributed by atoms with van der Waals surface area (Å²) < 4.78 is 4.95. The largest absolute Gasteiger partial charge is 0.383 e. The maximum Gasteiger partial charge on any atom is 0.239 e. The van der Waals surface area contributed by atoms with E-state index in [0.29, 0.717) is 5.92 Å². The fourth-order valence-electron chi connectivity index (χ4n) is 2.97. The van der Waals surface area contributed by atoms with Crippen LogP contribution in [-0.4, -0.2) is 56.2 Å². The molecule has 0 bridgehead atoms. The Morgan fingerprint density at radius 1 is 1.35 bits per heavy atom. The number of hydrogen-bond acceptors (Lipinski definition) is 4. The summed E-state index contributed by atoms with van der Waals surface area (Å²) in [5, 5.41) is 3.14. The van der Waals surface area contributed by atoms with Crippen molar-refractivity contribution in [3.63, 3.8) is 0 Å². The molecule has 0 aromatic rings. The van der Waals surface area contributed by atoms with Crippen LogP contribution in [0.2, 0.25) is 0 Å². The topological polar surface area (TPSA) is 67.6 Å². The van der Waals surface area contributed by atoms with Crippen LogP contribution in [0.25, 0.3) is 0 Å². The van der Waals surface area contributed by atoms with E-state index in [1.165, 1.54) is 19.3 Å². The summed E-state index contributed by atoms with van der Waals surface area (Å²) in [6, 6.07) is -0.296. The van der Waals surface area contributed by atoms with E-state index in [1.54, 1.807) is 7.11 Å². The van der Waals surface area contributed by atoms with Crippen molar-refractivity contribution in [2.75, 3.05) is 33.4 Å². The van der Waals surface area contributed by atoms with E-state index in [0.717, 1.165) is 26.1 Å². The van der Waals surface area contributed by atoms with Crippen molar-refractivity contribution >= 4 is 5.91 Å². The van der Waals surface area contributed by atoms with Gasteiger partial charge in [-0.15, -0.1) is 0 Å². The molecule has 5 nitrogen and oxygen atoms in total. The maximum absolute atomic E-state index is 12.0. The van der Waals surface area contributed by atoms with Gasteiger partial charge in [0.2, 0.25) is 5.91 Å². The summed E-state index contributed by atoms with van der Waals surface area (Å²) in [6.45, 7) is 7.85. The van der Waals surface area contributed by atoms with E-state index < -0.39 is 6.04 Å². The van der Waals surface area contributed by atoms with Gasteiger partial charge in [0.15, 0.2) is 0 Å². The lowest BCUT2D eigenvalue weighted by Crippen LogP contribution is -2.52. The lowest BCUT2D eigenvalue weighted by atomic mass is 9.84. The Hall–Kier alpha value is -0.650. The molecule has 1 amide bonds. The fraction of sp³-hybridized carbons (Fsp3) is 0.933. The quantitative estimate of drug-likeness (QED) is 0.697. The van der Waals surface area contributed by atoms with Gasteiger partial charge in [-0.1, -0.05) is 26.7 Å². The van der Waals surface area contributed by atoms with Crippen molar-refractivity contribution in [2.24, 2.45) is 11.7 Å². The smallest absolute Gasteiger partial charge is 0.239 e. The number of ether oxygens (including phenoxy) is 1. The molecular formula is C15H31N3O2. The van der Waals surface area contributed by atoms with Crippen LogP contribution in [-0.2, 0) is 9.53 Å². The van der Waals surface area contributed by atoms with Gasteiger partial charge in [-0.2, -0.15) is 0 Å². The van der Waals surface area contributed by atoms with Gasteiger partial charge in [-0.05, 0) is 31.8 Å². The van der Waals surface area contributed by atoms with Crippen molar-refractivity contribution in [3.8, 4) is 0 Å². The zero-order valence-electron chi connectivity index (χ0n) is 13.2. The normalized spacial score (nSPS) is 24.6. The number of methoxy groups -OCH3 is 1. The Balaban J connectivity index is 2.53. The monoisotopic (exact) mass is 285 g/mol. The minimum atomic E-state index is -0.559. The summed E-state index contributed by atoms with van der Waals surface area (Å²) in [7, 11) is 1.57. The summed E-state index contributed by atoms with van der Waals surface area (Å²) >= 11 is 0. The molecule has 1 fully saturated rings. The molecule has 0 saturated heterocycles. The number of carbonyl (C=O) groups is 1.